The molecule has 1 saturated carbocycles. The molecular formula is C15H21F2N3O. The quantitative estimate of drug-likeness (QED) is 0.842. The minimum Gasteiger partial charge on any atom is -0.335 e. The van der Waals surface area contributed by atoms with Gasteiger partial charge < -0.3 is 9.47 Å². The third-order valence-electron chi connectivity index (χ3n) is 4.65. The van der Waals surface area contributed by atoms with Crippen molar-refractivity contribution in [3.05, 3.63) is 17.7 Å². The summed E-state index contributed by atoms with van der Waals surface area (Å²) in [5, 5.41) is 0. The molecule has 3 rings (SSSR count). The van der Waals surface area contributed by atoms with Crippen LogP contribution in [0.5, 0.6) is 0 Å². The first-order valence-corrected chi connectivity index (χ1v) is 7.70. The molecule has 0 radical (unpaired) electrons. The molecular weight excluding hydrogens is 276 g/mol. The van der Waals surface area contributed by atoms with Crippen LogP contribution in [0.4, 0.5) is 8.78 Å². The zero-order valence-electron chi connectivity index (χ0n) is 12.3. The maximum atomic E-state index is 13.3. The van der Waals surface area contributed by atoms with E-state index in [9.17, 15) is 13.6 Å². The maximum absolute atomic E-state index is 13.3. The van der Waals surface area contributed by atoms with Crippen molar-refractivity contribution in [2.45, 2.75) is 64.0 Å². The highest BCUT2D eigenvalue weighted by atomic mass is 19.3. The Morgan fingerprint density at radius 3 is 2.76 bits per heavy atom. The smallest absolute Gasteiger partial charge is 0.248 e. The fraction of sp³-hybridized carbons (Fsp3) is 0.733. The van der Waals surface area contributed by atoms with Crippen molar-refractivity contribution in [2.75, 3.05) is 6.54 Å². The first kappa shape index (κ1) is 14.5. The van der Waals surface area contributed by atoms with Gasteiger partial charge in [0, 0.05) is 38.3 Å². The summed E-state index contributed by atoms with van der Waals surface area (Å²) in [4.78, 5) is 18.1. The first-order valence-electron chi connectivity index (χ1n) is 7.70. The molecule has 0 aromatic carbocycles. The Labute approximate surface area is 123 Å². The fourth-order valence-electron chi connectivity index (χ4n) is 3.37. The van der Waals surface area contributed by atoms with Crippen molar-refractivity contribution in [1.82, 2.24) is 14.5 Å². The summed E-state index contributed by atoms with van der Waals surface area (Å²) in [6, 6.07) is 0. The van der Waals surface area contributed by atoms with E-state index in [2.05, 4.69) is 9.55 Å². The van der Waals surface area contributed by atoms with Crippen molar-refractivity contribution >= 4 is 5.91 Å². The van der Waals surface area contributed by atoms with Crippen LogP contribution >= 0.6 is 0 Å². The molecule has 1 aliphatic carbocycles. The molecule has 1 amide bonds. The zero-order valence-corrected chi connectivity index (χ0v) is 12.3. The van der Waals surface area contributed by atoms with E-state index in [4.69, 9.17) is 0 Å². The van der Waals surface area contributed by atoms with Crippen molar-refractivity contribution in [3.8, 4) is 0 Å². The molecule has 0 N–H and O–H groups in total. The minimum absolute atomic E-state index is 0.0414. The summed E-state index contributed by atoms with van der Waals surface area (Å²) in [5.74, 6) is -1.28. The van der Waals surface area contributed by atoms with Crippen molar-refractivity contribution < 1.29 is 13.6 Å². The van der Waals surface area contributed by atoms with E-state index >= 15 is 0 Å². The lowest BCUT2D eigenvalue weighted by atomic mass is 9.86. The number of halogens is 2. The lowest BCUT2D eigenvalue weighted by Crippen LogP contribution is -2.38. The monoisotopic (exact) mass is 297 g/mol. The van der Waals surface area contributed by atoms with E-state index in [0.717, 1.165) is 18.1 Å². The molecule has 0 unspecified atom stereocenters. The third-order valence-corrected chi connectivity index (χ3v) is 4.65. The zero-order chi connectivity index (χ0) is 15.0. The molecule has 0 saturated heterocycles. The molecule has 2 aliphatic rings. The Bertz CT molecular complexity index is 531. The SMILES string of the molecule is CCC(=O)N1CCn2c(cnc2C2CCC(F)(F)CC2)C1. The van der Waals surface area contributed by atoms with Gasteiger partial charge in [0.15, 0.2) is 0 Å². The molecule has 0 atom stereocenters. The van der Waals surface area contributed by atoms with Crippen molar-refractivity contribution in [1.29, 1.82) is 0 Å². The van der Waals surface area contributed by atoms with E-state index in [1.54, 1.807) is 6.20 Å². The Kier molecular flexibility index (Phi) is 3.71. The van der Waals surface area contributed by atoms with Crippen LogP contribution in [0.1, 0.15) is 56.5 Å². The van der Waals surface area contributed by atoms with Gasteiger partial charge in [0.2, 0.25) is 11.8 Å². The number of amides is 1. The van der Waals surface area contributed by atoms with Crippen LogP contribution < -0.4 is 0 Å². The predicted molar refractivity (Wildman–Crippen MR) is 74.1 cm³/mol. The fourth-order valence-corrected chi connectivity index (χ4v) is 3.37. The number of fused-ring (bicyclic) bond motifs is 1. The second-order valence-electron chi connectivity index (χ2n) is 6.06. The van der Waals surface area contributed by atoms with Gasteiger partial charge in [0.05, 0.1) is 18.4 Å². The number of aromatic nitrogens is 2. The number of hydrogen-bond donors (Lipinski definition) is 0. The van der Waals surface area contributed by atoms with Gasteiger partial charge in [-0.25, -0.2) is 13.8 Å². The summed E-state index contributed by atoms with van der Waals surface area (Å²) in [6.07, 6.45) is 3.23. The molecule has 1 aliphatic heterocycles. The van der Waals surface area contributed by atoms with Crippen molar-refractivity contribution in [2.24, 2.45) is 0 Å². The highest BCUT2D eigenvalue weighted by molar-refractivity contribution is 5.75. The number of imidazole rings is 1. The van der Waals surface area contributed by atoms with Gasteiger partial charge in [-0.15, -0.1) is 0 Å². The molecule has 6 heteroatoms. The third kappa shape index (κ3) is 2.80. The van der Waals surface area contributed by atoms with E-state index in [1.807, 2.05) is 11.8 Å². The topological polar surface area (TPSA) is 38.1 Å². The first-order chi connectivity index (χ1) is 10.00. The Hall–Kier alpha value is -1.46. The van der Waals surface area contributed by atoms with Gasteiger partial charge in [0.25, 0.3) is 0 Å². The van der Waals surface area contributed by atoms with Gasteiger partial charge >= 0.3 is 0 Å². The molecule has 4 nitrogen and oxygen atoms in total. The molecule has 1 aromatic heterocycles. The number of carbonyl (C=O) groups is 1. The Balaban J connectivity index is 1.73. The summed E-state index contributed by atoms with van der Waals surface area (Å²) in [6.45, 7) is 3.86. The van der Waals surface area contributed by atoms with Gasteiger partial charge in [0.1, 0.15) is 5.82 Å². The van der Waals surface area contributed by atoms with Gasteiger partial charge in [-0.05, 0) is 12.8 Å². The van der Waals surface area contributed by atoms with E-state index in [-0.39, 0.29) is 24.7 Å². The van der Waals surface area contributed by atoms with E-state index in [0.29, 0.717) is 32.4 Å². The second kappa shape index (κ2) is 5.39. The van der Waals surface area contributed by atoms with Crippen LogP contribution in [0.3, 0.4) is 0 Å². The van der Waals surface area contributed by atoms with Gasteiger partial charge in [-0.2, -0.15) is 0 Å². The maximum Gasteiger partial charge on any atom is 0.248 e. The lowest BCUT2D eigenvalue weighted by molar-refractivity contribution is -0.132. The largest absolute Gasteiger partial charge is 0.335 e. The lowest BCUT2D eigenvalue weighted by Gasteiger charge is -2.32. The van der Waals surface area contributed by atoms with E-state index < -0.39 is 5.92 Å². The number of nitrogens with zero attached hydrogens (tertiary/aromatic N) is 3. The molecule has 2 heterocycles. The number of alkyl halides is 2. The highest BCUT2D eigenvalue weighted by Crippen LogP contribution is 2.40. The number of rotatable bonds is 2. The number of carbonyl (C=O) groups excluding carboxylic acids is 1. The minimum atomic E-state index is -2.50. The Morgan fingerprint density at radius 2 is 2.10 bits per heavy atom. The van der Waals surface area contributed by atoms with E-state index in [1.165, 1.54) is 0 Å². The second-order valence-corrected chi connectivity index (χ2v) is 6.06. The molecule has 21 heavy (non-hydrogen) atoms. The normalized spacial score (nSPS) is 22.1. The van der Waals surface area contributed by atoms with Crippen LogP contribution in [0.2, 0.25) is 0 Å². The summed E-state index contributed by atoms with van der Waals surface area (Å²) < 4.78 is 28.7. The average molecular weight is 297 g/mol. The van der Waals surface area contributed by atoms with Gasteiger partial charge in [-0.1, -0.05) is 6.92 Å². The Morgan fingerprint density at radius 1 is 1.38 bits per heavy atom. The average Bonchev–Trinajstić information content (AvgIpc) is 2.89. The van der Waals surface area contributed by atoms with Crippen LogP contribution in [0.25, 0.3) is 0 Å². The molecule has 116 valence electrons. The van der Waals surface area contributed by atoms with Crippen molar-refractivity contribution in [3.63, 3.8) is 0 Å². The molecule has 0 spiro atoms. The van der Waals surface area contributed by atoms with Crippen LogP contribution in [-0.4, -0.2) is 32.8 Å². The molecule has 1 aromatic rings. The summed E-state index contributed by atoms with van der Waals surface area (Å²) in [5.41, 5.74) is 1.02. The standard InChI is InChI=1S/C15H21F2N3O/c1-2-13(21)19-7-8-20-12(10-19)9-18-14(20)11-3-5-15(16,17)6-4-11/h9,11H,2-8,10H2,1H3. The molecule has 0 bridgehead atoms. The van der Waals surface area contributed by atoms with Crippen LogP contribution in [-0.2, 0) is 17.9 Å². The highest BCUT2D eigenvalue weighted by Gasteiger charge is 2.37. The summed E-state index contributed by atoms with van der Waals surface area (Å²) in [7, 11) is 0. The van der Waals surface area contributed by atoms with Crippen LogP contribution in [0, 0.1) is 0 Å². The summed E-state index contributed by atoms with van der Waals surface area (Å²) >= 11 is 0. The van der Waals surface area contributed by atoms with Crippen LogP contribution in [0.15, 0.2) is 6.20 Å². The molecule has 1 fully saturated rings. The number of hydrogen-bond acceptors (Lipinski definition) is 2. The van der Waals surface area contributed by atoms with Gasteiger partial charge in [-0.3, -0.25) is 4.79 Å². The predicted octanol–water partition coefficient (Wildman–Crippen LogP) is 2.93.